The molecule has 61 heavy (non-hydrogen) atoms. The molecule has 2 aromatic carbocycles. The topological polar surface area (TPSA) is 174 Å². The van der Waals surface area contributed by atoms with Crippen LogP contribution in [-0.4, -0.2) is 115 Å². The average Bonchev–Trinajstić information content (AvgIpc) is 3.76. The molecule has 16 heteroatoms. The number of halogens is 1. The molecule has 1 atom stereocenters. The zero-order valence-electron chi connectivity index (χ0n) is 34.5. The first-order chi connectivity index (χ1) is 29.6. The van der Waals surface area contributed by atoms with Gasteiger partial charge in [0.05, 0.1) is 73.0 Å². The second kappa shape index (κ2) is 17.1. The van der Waals surface area contributed by atoms with Crippen molar-refractivity contribution in [2.45, 2.75) is 50.1 Å². The van der Waals surface area contributed by atoms with Gasteiger partial charge >= 0.3 is 5.69 Å². The summed E-state index contributed by atoms with van der Waals surface area (Å²) in [6, 6.07) is 12.1. The largest absolute Gasteiger partial charge is 0.379 e. The third-order valence-electron chi connectivity index (χ3n) is 12.5. The molecule has 5 aromatic rings. The molecule has 9 rings (SSSR count). The van der Waals surface area contributed by atoms with E-state index in [1.807, 2.05) is 36.5 Å². The molecule has 0 bridgehead atoms. The summed E-state index contributed by atoms with van der Waals surface area (Å²) in [7, 11) is 3.78. The smallest absolute Gasteiger partial charge is 0.329 e. The van der Waals surface area contributed by atoms with Crippen molar-refractivity contribution < 1.29 is 33.0 Å². The summed E-state index contributed by atoms with van der Waals surface area (Å²) in [6.07, 6.45) is 4.44. The Morgan fingerprint density at radius 2 is 1.70 bits per heavy atom. The highest BCUT2D eigenvalue weighted by molar-refractivity contribution is 6.02. The summed E-state index contributed by atoms with van der Waals surface area (Å²) in [4.78, 5) is 61.0. The van der Waals surface area contributed by atoms with Gasteiger partial charge in [-0.2, -0.15) is 0 Å². The Morgan fingerprint density at radius 3 is 2.48 bits per heavy atom. The summed E-state index contributed by atoms with van der Waals surface area (Å²) in [5, 5.41) is 8.78. The first-order valence-electron chi connectivity index (χ1n) is 21.1. The number of hydrogen-bond donors (Lipinski definition) is 4. The van der Waals surface area contributed by atoms with Crippen molar-refractivity contribution in [1.82, 2.24) is 40.0 Å². The number of imide groups is 1. The van der Waals surface area contributed by atoms with E-state index in [9.17, 15) is 19.2 Å². The van der Waals surface area contributed by atoms with Crippen LogP contribution in [0.4, 0.5) is 4.39 Å². The maximum absolute atomic E-state index is 15.6. The van der Waals surface area contributed by atoms with Gasteiger partial charge in [0.15, 0.2) is 0 Å². The number of aromatic amines is 1. The number of aryl methyl sites for hydroxylation is 2. The zero-order chi connectivity index (χ0) is 42.3. The lowest BCUT2D eigenvalue weighted by Gasteiger charge is -2.50. The van der Waals surface area contributed by atoms with Gasteiger partial charge in [0, 0.05) is 69.2 Å². The normalized spacial score (nSPS) is 18.1. The lowest BCUT2D eigenvalue weighted by molar-refractivity contribution is -0.135. The number of likely N-dealkylation sites (tertiary alicyclic amines) is 1. The van der Waals surface area contributed by atoms with Gasteiger partial charge in [-0.3, -0.25) is 33.8 Å². The number of carbonyl (C=O) groups is 3. The maximum Gasteiger partial charge on any atom is 0.329 e. The van der Waals surface area contributed by atoms with Crippen LogP contribution in [0.25, 0.3) is 33.5 Å². The highest BCUT2D eigenvalue weighted by Gasteiger charge is 2.50. The van der Waals surface area contributed by atoms with Crippen molar-refractivity contribution in [3.63, 3.8) is 0 Å². The van der Waals surface area contributed by atoms with E-state index in [4.69, 9.17) is 14.2 Å². The first-order valence-corrected chi connectivity index (χ1v) is 21.1. The summed E-state index contributed by atoms with van der Waals surface area (Å²) in [5.74, 6) is -1.13. The van der Waals surface area contributed by atoms with Gasteiger partial charge in [-0.05, 0) is 79.3 Å². The molecule has 0 radical (unpaired) electrons. The van der Waals surface area contributed by atoms with Gasteiger partial charge in [-0.15, -0.1) is 0 Å². The standard InChI is InChI=1S/C45H51FN8O7/c1-52-25-45(26-52)24-49-43(57)38-31-9-7-29-23-48-34(21-32(29)39(31)51-41(38)45)30-8-6-27(20-33(30)46)22-47-13-15-60-17-19-61-18-16-59-14-12-28-4-3-5-35-40(28)53(2)44(58)54(35)36-10-11-37(55)50-42(36)56/h3-6,8,20-21,23,36,47,51H,7,9-19,22,24-26H2,1-2H3,(H,49,57)(H,50,55,56). The molecule has 1 aliphatic carbocycles. The van der Waals surface area contributed by atoms with E-state index in [2.05, 4.69) is 37.9 Å². The molecule has 2 fully saturated rings. The lowest BCUT2D eigenvalue weighted by atomic mass is 9.73. The number of fused-ring (bicyclic) bond motifs is 7. The average molecular weight is 835 g/mol. The summed E-state index contributed by atoms with van der Waals surface area (Å²) in [5.41, 5.74) is 9.67. The van der Waals surface area contributed by atoms with Crippen molar-refractivity contribution in [2.24, 2.45) is 7.05 Å². The number of amides is 3. The Bertz CT molecular complexity index is 2570. The number of hydrogen-bond acceptors (Lipinski definition) is 10. The Labute approximate surface area is 351 Å². The molecule has 4 N–H and O–H groups in total. The Kier molecular flexibility index (Phi) is 11.4. The van der Waals surface area contributed by atoms with Crippen LogP contribution in [0.3, 0.4) is 0 Å². The van der Waals surface area contributed by atoms with Gasteiger partial charge < -0.3 is 34.7 Å². The number of aromatic nitrogens is 4. The minimum Gasteiger partial charge on any atom is -0.379 e. The van der Waals surface area contributed by atoms with Crippen LogP contribution in [0.1, 0.15) is 57.2 Å². The Balaban J connectivity index is 0.685. The number of ether oxygens (including phenoxy) is 3. The molecule has 4 aliphatic rings. The third kappa shape index (κ3) is 7.82. The number of carbonyl (C=O) groups excluding carboxylic acids is 3. The fourth-order valence-electron chi connectivity index (χ4n) is 9.60. The number of H-pyrrole nitrogens is 1. The van der Waals surface area contributed by atoms with E-state index in [1.165, 1.54) is 4.57 Å². The maximum atomic E-state index is 15.6. The number of rotatable bonds is 16. The van der Waals surface area contributed by atoms with E-state index in [0.717, 1.165) is 76.2 Å². The van der Waals surface area contributed by atoms with Crippen molar-refractivity contribution in [2.75, 3.05) is 72.9 Å². The van der Waals surface area contributed by atoms with Crippen molar-refractivity contribution >= 4 is 28.8 Å². The van der Waals surface area contributed by atoms with Gasteiger partial charge in [0.25, 0.3) is 5.91 Å². The number of para-hydroxylation sites is 1. The second-order valence-corrected chi connectivity index (χ2v) is 16.6. The number of piperidine rings is 1. The van der Waals surface area contributed by atoms with Crippen LogP contribution in [0.2, 0.25) is 0 Å². The molecule has 3 amide bonds. The summed E-state index contributed by atoms with van der Waals surface area (Å²) in [6.45, 7) is 6.05. The monoisotopic (exact) mass is 834 g/mol. The van der Waals surface area contributed by atoms with E-state index < -0.39 is 11.9 Å². The number of imidazole rings is 1. The highest BCUT2D eigenvalue weighted by atomic mass is 19.1. The van der Waals surface area contributed by atoms with E-state index in [1.54, 1.807) is 23.7 Å². The number of likely N-dealkylation sites (N-methyl/N-ethyl adjacent to an activating group) is 1. The van der Waals surface area contributed by atoms with E-state index in [0.29, 0.717) is 82.5 Å². The van der Waals surface area contributed by atoms with Crippen molar-refractivity contribution in [3.05, 3.63) is 98.5 Å². The predicted molar refractivity (Wildman–Crippen MR) is 225 cm³/mol. The minimum absolute atomic E-state index is 0.0145. The fraction of sp³-hybridized carbons (Fsp3) is 0.444. The summed E-state index contributed by atoms with van der Waals surface area (Å²) < 4.78 is 35.8. The molecule has 2 saturated heterocycles. The van der Waals surface area contributed by atoms with Crippen molar-refractivity contribution in [1.29, 1.82) is 0 Å². The Morgan fingerprint density at radius 1 is 0.918 bits per heavy atom. The third-order valence-corrected chi connectivity index (χ3v) is 12.5. The van der Waals surface area contributed by atoms with Crippen LogP contribution < -0.4 is 21.6 Å². The molecule has 1 spiro atoms. The predicted octanol–water partition coefficient (Wildman–Crippen LogP) is 2.92. The molecule has 320 valence electrons. The van der Waals surface area contributed by atoms with Gasteiger partial charge in [0.2, 0.25) is 11.8 Å². The fourth-order valence-corrected chi connectivity index (χ4v) is 9.60. The highest BCUT2D eigenvalue weighted by Crippen LogP contribution is 2.45. The van der Waals surface area contributed by atoms with E-state index in [-0.39, 0.29) is 41.6 Å². The SMILES string of the molecule is CN1CC2(CNC(=O)c3c2[nH]c2c3CCc3cnc(-c4ccc(CNCCOCCOCCOCCc5cccc6c5n(C)c(=O)n6C5CCC(=O)NC5=O)cc4F)cc3-2)C1. The van der Waals surface area contributed by atoms with Crippen LogP contribution in [-0.2, 0) is 62.1 Å². The molecule has 1 unspecified atom stereocenters. The minimum atomic E-state index is -0.725. The molecular formula is C45H51FN8O7. The molecule has 0 saturated carbocycles. The quantitative estimate of drug-likeness (QED) is 0.0856. The first kappa shape index (κ1) is 40.9. The number of benzene rings is 2. The second-order valence-electron chi connectivity index (χ2n) is 16.6. The lowest BCUT2D eigenvalue weighted by Crippen LogP contribution is -2.65. The summed E-state index contributed by atoms with van der Waals surface area (Å²) >= 11 is 0. The zero-order valence-corrected chi connectivity index (χ0v) is 34.5. The van der Waals surface area contributed by atoms with Gasteiger partial charge in [-0.25, -0.2) is 9.18 Å². The van der Waals surface area contributed by atoms with Crippen LogP contribution in [0.5, 0.6) is 0 Å². The van der Waals surface area contributed by atoms with Crippen molar-refractivity contribution in [3.8, 4) is 22.5 Å². The Hall–Kier alpha value is -5.52. The molecular weight excluding hydrogens is 784 g/mol. The molecule has 3 aliphatic heterocycles. The number of nitrogens with one attached hydrogen (secondary N) is 4. The molecule has 6 heterocycles. The van der Waals surface area contributed by atoms with Gasteiger partial charge in [0.1, 0.15) is 11.9 Å². The van der Waals surface area contributed by atoms with Crippen LogP contribution >= 0.6 is 0 Å². The number of nitrogens with zero attached hydrogens (tertiary/aromatic N) is 4. The van der Waals surface area contributed by atoms with Crippen LogP contribution in [0, 0.1) is 5.82 Å². The molecule has 3 aromatic heterocycles. The number of pyridine rings is 1. The molecule has 15 nitrogen and oxygen atoms in total. The van der Waals surface area contributed by atoms with E-state index >= 15 is 4.39 Å². The van der Waals surface area contributed by atoms with Crippen LogP contribution in [0.15, 0.2) is 53.5 Å². The van der Waals surface area contributed by atoms with Gasteiger partial charge in [-0.1, -0.05) is 18.2 Å².